The summed E-state index contributed by atoms with van der Waals surface area (Å²) >= 11 is 0. The van der Waals surface area contributed by atoms with Crippen LogP contribution in [0.1, 0.15) is 34.1 Å². The lowest BCUT2D eigenvalue weighted by atomic mass is 10.3. The fourth-order valence-corrected chi connectivity index (χ4v) is 2.53. The van der Waals surface area contributed by atoms with E-state index in [4.69, 9.17) is 13.8 Å². The first-order valence-electron chi connectivity index (χ1n) is 5.64. The number of ether oxygens (including phenoxy) is 1. The lowest BCUT2D eigenvalue weighted by Crippen LogP contribution is -2.24. The Labute approximate surface area is 101 Å². The van der Waals surface area contributed by atoms with Crippen LogP contribution < -0.4 is 0 Å². The second kappa shape index (κ2) is 7.80. The Morgan fingerprint density at radius 2 is 1.71 bits per heavy atom. The fourth-order valence-electron chi connectivity index (χ4n) is 1.08. The summed E-state index contributed by atoms with van der Waals surface area (Å²) in [6, 6.07) is 0. The molecule has 0 N–H and O–H groups in total. The fraction of sp³-hybridized carbons (Fsp3) is 0.900. The standard InChI is InChI=1S/C10H20FO5P/c1-5-9(11)10(12)16-8(4)17(13,14-6-2)15-7-3/h8-9H,5-7H2,1-4H3. The molecule has 0 heterocycles. The van der Waals surface area contributed by atoms with Crippen LogP contribution in [0.15, 0.2) is 0 Å². The molecule has 0 saturated heterocycles. The van der Waals surface area contributed by atoms with Crippen molar-refractivity contribution in [3.63, 3.8) is 0 Å². The van der Waals surface area contributed by atoms with Crippen LogP contribution in [0.3, 0.4) is 0 Å². The van der Waals surface area contributed by atoms with E-state index in [2.05, 4.69) is 0 Å². The van der Waals surface area contributed by atoms with E-state index >= 15 is 0 Å². The Morgan fingerprint density at radius 3 is 2.06 bits per heavy atom. The second-order valence-corrected chi connectivity index (χ2v) is 5.61. The van der Waals surface area contributed by atoms with Gasteiger partial charge in [0.15, 0.2) is 12.0 Å². The van der Waals surface area contributed by atoms with Crippen molar-refractivity contribution in [3.8, 4) is 0 Å². The Bertz CT molecular complexity index is 274. The number of carbonyl (C=O) groups is 1. The molecule has 102 valence electrons. The molecule has 2 atom stereocenters. The molecule has 0 rings (SSSR count). The third-order valence-corrected chi connectivity index (χ3v) is 4.20. The largest absolute Gasteiger partial charge is 0.448 e. The van der Waals surface area contributed by atoms with E-state index in [-0.39, 0.29) is 19.6 Å². The number of rotatable bonds is 8. The first-order chi connectivity index (χ1) is 7.91. The van der Waals surface area contributed by atoms with E-state index in [1.807, 2.05) is 0 Å². The predicted octanol–water partition coefficient (Wildman–Crippen LogP) is 2.89. The summed E-state index contributed by atoms with van der Waals surface area (Å²) in [6.45, 7) is 6.49. The zero-order valence-electron chi connectivity index (χ0n) is 10.6. The molecule has 2 unspecified atom stereocenters. The number of halogens is 1. The number of alkyl halides is 1. The predicted molar refractivity (Wildman–Crippen MR) is 61.6 cm³/mol. The van der Waals surface area contributed by atoms with E-state index in [9.17, 15) is 13.8 Å². The smallest absolute Gasteiger partial charge is 0.370 e. The van der Waals surface area contributed by atoms with Crippen molar-refractivity contribution >= 4 is 13.6 Å². The number of hydrogen-bond acceptors (Lipinski definition) is 5. The summed E-state index contributed by atoms with van der Waals surface area (Å²) in [5.41, 5.74) is 0. The van der Waals surface area contributed by atoms with Crippen LogP contribution in [0.5, 0.6) is 0 Å². The number of carbonyl (C=O) groups excluding carboxylic acids is 1. The number of esters is 1. The van der Waals surface area contributed by atoms with Gasteiger partial charge in [-0.3, -0.25) is 4.57 Å². The monoisotopic (exact) mass is 270 g/mol. The summed E-state index contributed by atoms with van der Waals surface area (Å²) in [5, 5.41) is 0. The maximum Gasteiger partial charge on any atom is 0.370 e. The van der Waals surface area contributed by atoms with Gasteiger partial charge >= 0.3 is 13.6 Å². The van der Waals surface area contributed by atoms with Gasteiger partial charge in [0, 0.05) is 0 Å². The third-order valence-electron chi connectivity index (χ3n) is 1.96. The highest BCUT2D eigenvalue weighted by atomic mass is 31.2. The summed E-state index contributed by atoms with van der Waals surface area (Å²) in [5.74, 6) is -2.15. The van der Waals surface area contributed by atoms with Crippen LogP contribution in [-0.2, 0) is 23.1 Å². The summed E-state index contributed by atoms with van der Waals surface area (Å²) in [6.07, 6.45) is -1.70. The molecule has 0 aromatic carbocycles. The lowest BCUT2D eigenvalue weighted by molar-refractivity contribution is -0.151. The molecule has 0 aliphatic carbocycles. The number of hydrogen-bond donors (Lipinski definition) is 0. The molecule has 0 radical (unpaired) electrons. The lowest BCUT2D eigenvalue weighted by Gasteiger charge is -2.23. The van der Waals surface area contributed by atoms with Crippen molar-refractivity contribution < 1.29 is 27.5 Å². The zero-order chi connectivity index (χ0) is 13.5. The molecule has 5 nitrogen and oxygen atoms in total. The minimum atomic E-state index is -3.52. The minimum absolute atomic E-state index is 0.0130. The van der Waals surface area contributed by atoms with Gasteiger partial charge in [0.05, 0.1) is 13.2 Å². The van der Waals surface area contributed by atoms with Gasteiger partial charge in [-0.1, -0.05) is 6.92 Å². The van der Waals surface area contributed by atoms with Gasteiger partial charge in [-0.25, -0.2) is 9.18 Å². The van der Waals surface area contributed by atoms with E-state index in [1.165, 1.54) is 13.8 Å². The van der Waals surface area contributed by atoms with Gasteiger partial charge in [-0.05, 0) is 27.2 Å². The van der Waals surface area contributed by atoms with Crippen LogP contribution in [0, 0.1) is 0 Å². The van der Waals surface area contributed by atoms with Crippen molar-refractivity contribution in [1.82, 2.24) is 0 Å². The molecule has 17 heavy (non-hydrogen) atoms. The first kappa shape index (κ1) is 16.6. The Hall–Kier alpha value is -0.450. The average molecular weight is 270 g/mol. The normalized spacial score (nSPS) is 15.4. The summed E-state index contributed by atoms with van der Waals surface area (Å²) in [7, 11) is -3.52. The van der Waals surface area contributed by atoms with Crippen molar-refractivity contribution in [2.45, 2.75) is 46.1 Å². The van der Waals surface area contributed by atoms with Crippen LogP contribution in [0.4, 0.5) is 4.39 Å². The maximum absolute atomic E-state index is 13.0. The third kappa shape index (κ3) is 5.15. The molecule has 0 aromatic heterocycles. The van der Waals surface area contributed by atoms with Crippen LogP contribution in [0.2, 0.25) is 0 Å². The Balaban J connectivity index is 4.58. The molecular weight excluding hydrogens is 250 g/mol. The van der Waals surface area contributed by atoms with E-state index in [1.54, 1.807) is 13.8 Å². The quantitative estimate of drug-likeness (QED) is 0.501. The highest BCUT2D eigenvalue weighted by Crippen LogP contribution is 2.53. The van der Waals surface area contributed by atoms with Crippen molar-refractivity contribution in [2.24, 2.45) is 0 Å². The highest BCUT2D eigenvalue weighted by Gasteiger charge is 2.36. The molecule has 0 amide bonds. The highest BCUT2D eigenvalue weighted by molar-refractivity contribution is 7.54. The summed E-state index contributed by atoms with van der Waals surface area (Å²) in [4.78, 5) is 11.2. The van der Waals surface area contributed by atoms with Gasteiger partial charge in [-0.15, -0.1) is 0 Å². The zero-order valence-corrected chi connectivity index (χ0v) is 11.5. The van der Waals surface area contributed by atoms with Crippen molar-refractivity contribution in [2.75, 3.05) is 13.2 Å². The van der Waals surface area contributed by atoms with Gasteiger partial charge in [0.2, 0.25) is 0 Å². The van der Waals surface area contributed by atoms with E-state index in [0.29, 0.717) is 0 Å². The maximum atomic E-state index is 13.0. The molecule has 7 heteroatoms. The second-order valence-electron chi connectivity index (χ2n) is 3.29. The van der Waals surface area contributed by atoms with Crippen molar-refractivity contribution in [1.29, 1.82) is 0 Å². The molecule has 0 aliphatic heterocycles. The van der Waals surface area contributed by atoms with Crippen molar-refractivity contribution in [3.05, 3.63) is 0 Å². The van der Waals surface area contributed by atoms with E-state index < -0.39 is 25.6 Å². The molecular formula is C10H20FO5P. The Morgan fingerprint density at radius 1 is 1.24 bits per heavy atom. The average Bonchev–Trinajstić information content (AvgIpc) is 2.28. The molecule has 0 spiro atoms. The SMILES string of the molecule is CCOP(=O)(OCC)C(C)OC(=O)C(F)CC. The molecule has 0 aliphatic rings. The van der Waals surface area contributed by atoms with Crippen LogP contribution in [-0.4, -0.2) is 31.2 Å². The van der Waals surface area contributed by atoms with Crippen LogP contribution >= 0.6 is 7.60 Å². The molecule has 0 aromatic rings. The minimum Gasteiger partial charge on any atom is -0.448 e. The van der Waals surface area contributed by atoms with Gasteiger partial charge < -0.3 is 13.8 Å². The molecule has 0 fully saturated rings. The van der Waals surface area contributed by atoms with E-state index in [0.717, 1.165) is 0 Å². The Kier molecular flexibility index (Phi) is 7.59. The topological polar surface area (TPSA) is 61.8 Å². The summed E-state index contributed by atoms with van der Waals surface area (Å²) < 4.78 is 39.8. The van der Waals surface area contributed by atoms with Gasteiger partial charge in [-0.2, -0.15) is 0 Å². The first-order valence-corrected chi connectivity index (χ1v) is 7.25. The molecule has 0 bridgehead atoms. The van der Waals surface area contributed by atoms with Gasteiger partial charge in [0.1, 0.15) is 0 Å². The van der Waals surface area contributed by atoms with Gasteiger partial charge in [0.25, 0.3) is 0 Å². The molecule has 0 saturated carbocycles. The van der Waals surface area contributed by atoms with Crippen LogP contribution in [0.25, 0.3) is 0 Å².